The molecule has 0 radical (unpaired) electrons. The van der Waals surface area contributed by atoms with Crippen LogP contribution in [0.2, 0.25) is 0 Å². The van der Waals surface area contributed by atoms with Gasteiger partial charge in [0.1, 0.15) is 0 Å². The van der Waals surface area contributed by atoms with Gasteiger partial charge in [-0.1, -0.05) is 26.0 Å². The van der Waals surface area contributed by atoms with Crippen molar-refractivity contribution in [2.24, 2.45) is 23.5 Å². The Hall–Kier alpha value is -0.300. The molecule has 0 aromatic carbocycles. The minimum Gasteiger partial charge on any atom is -0.330 e. The van der Waals surface area contributed by atoms with Gasteiger partial charge in [0.2, 0.25) is 0 Å². The van der Waals surface area contributed by atoms with Crippen LogP contribution < -0.4 is 5.73 Å². The zero-order chi connectivity index (χ0) is 8.97. The van der Waals surface area contributed by atoms with E-state index in [1.165, 1.54) is 12.8 Å². The van der Waals surface area contributed by atoms with Crippen molar-refractivity contribution >= 4 is 0 Å². The highest BCUT2D eigenvalue weighted by Gasteiger charge is 2.32. The molecular weight excluding hydrogens is 146 g/mol. The van der Waals surface area contributed by atoms with Gasteiger partial charge in [0.05, 0.1) is 0 Å². The summed E-state index contributed by atoms with van der Waals surface area (Å²) in [7, 11) is 0. The first-order valence-corrected chi connectivity index (χ1v) is 5.16. The van der Waals surface area contributed by atoms with Gasteiger partial charge in [-0.15, -0.1) is 0 Å². The Balaban J connectivity index is 0.000000157. The van der Waals surface area contributed by atoms with Gasteiger partial charge in [0, 0.05) is 0 Å². The Morgan fingerprint density at radius 2 is 2.00 bits per heavy atom. The summed E-state index contributed by atoms with van der Waals surface area (Å²) in [5.74, 6) is 2.92. The van der Waals surface area contributed by atoms with Crippen LogP contribution >= 0.6 is 0 Å². The molecule has 1 fully saturated rings. The summed E-state index contributed by atoms with van der Waals surface area (Å²) in [6.07, 6.45) is 8.81. The largest absolute Gasteiger partial charge is 0.330 e. The van der Waals surface area contributed by atoms with Gasteiger partial charge in [-0.05, 0) is 43.6 Å². The third kappa shape index (κ3) is 2.34. The third-order valence-electron chi connectivity index (χ3n) is 2.90. The molecule has 2 bridgehead atoms. The lowest BCUT2D eigenvalue weighted by Crippen LogP contribution is -1.99. The molecule has 1 saturated carbocycles. The minimum absolute atomic E-state index is 0.819. The van der Waals surface area contributed by atoms with E-state index < -0.39 is 0 Å². The zero-order valence-electron chi connectivity index (χ0n) is 8.29. The predicted molar refractivity (Wildman–Crippen MR) is 53.9 cm³/mol. The molecule has 0 saturated heterocycles. The van der Waals surface area contributed by atoms with E-state index >= 15 is 0 Å². The summed E-state index contributed by atoms with van der Waals surface area (Å²) < 4.78 is 0. The van der Waals surface area contributed by atoms with E-state index in [1.807, 2.05) is 0 Å². The summed E-state index contributed by atoms with van der Waals surface area (Å²) in [6, 6.07) is 0. The molecule has 2 aliphatic carbocycles. The first kappa shape index (κ1) is 9.79. The summed E-state index contributed by atoms with van der Waals surface area (Å²) >= 11 is 0. The smallest absolute Gasteiger partial charge is 0.00799 e. The second-order valence-corrected chi connectivity index (χ2v) is 4.05. The van der Waals surface area contributed by atoms with Crippen molar-refractivity contribution in [1.29, 1.82) is 0 Å². The highest BCUT2D eigenvalue weighted by Crippen LogP contribution is 2.42. The predicted octanol–water partition coefficient (Wildman–Crippen LogP) is 2.57. The van der Waals surface area contributed by atoms with Crippen molar-refractivity contribution < 1.29 is 0 Å². The third-order valence-corrected chi connectivity index (χ3v) is 2.90. The first-order chi connectivity index (χ1) is 5.77. The van der Waals surface area contributed by atoms with Crippen LogP contribution in [0.25, 0.3) is 0 Å². The molecule has 1 nitrogen and oxygen atoms in total. The molecule has 0 aromatic heterocycles. The van der Waals surface area contributed by atoms with Crippen molar-refractivity contribution in [1.82, 2.24) is 0 Å². The van der Waals surface area contributed by atoms with Crippen LogP contribution in [-0.4, -0.2) is 6.54 Å². The van der Waals surface area contributed by atoms with Crippen LogP contribution in [0.4, 0.5) is 0 Å². The maximum Gasteiger partial charge on any atom is -0.00799 e. The monoisotopic (exact) mass is 167 g/mol. The maximum absolute atomic E-state index is 5.03. The van der Waals surface area contributed by atoms with Crippen LogP contribution in [-0.2, 0) is 0 Å². The Labute approximate surface area is 76.0 Å². The molecule has 0 heterocycles. The molecule has 2 N–H and O–H groups in total. The molecule has 0 amide bonds. The number of allylic oxidation sites excluding steroid dienone is 2. The molecule has 2 rings (SSSR count). The minimum atomic E-state index is 0.819. The van der Waals surface area contributed by atoms with Gasteiger partial charge in [0.15, 0.2) is 0 Å². The topological polar surface area (TPSA) is 26.0 Å². The van der Waals surface area contributed by atoms with Crippen LogP contribution in [0.3, 0.4) is 0 Å². The Morgan fingerprint density at radius 3 is 2.17 bits per heavy atom. The van der Waals surface area contributed by atoms with Crippen molar-refractivity contribution in [3.05, 3.63) is 12.2 Å². The van der Waals surface area contributed by atoms with E-state index in [9.17, 15) is 0 Å². The average molecular weight is 167 g/mol. The fourth-order valence-electron chi connectivity index (χ4n) is 2.06. The molecule has 70 valence electrons. The van der Waals surface area contributed by atoms with E-state index in [4.69, 9.17) is 5.73 Å². The van der Waals surface area contributed by atoms with E-state index in [-0.39, 0.29) is 0 Å². The molecule has 3 atom stereocenters. The zero-order valence-corrected chi connectivity index (χ0v) is 8.29. The quantitative estimate of drug-likeness (QED) is 0.597. The first-order valence-electron chi connectivity index (χ1n) is 5.16. The Bertz CT molecular complexity index is 149. The maximum atomic E-state index is 5.03. The number of nitrogens with two attached hydrogens (primary N) is 1. The SMILES string of the molecule is CC1CC2C=CC1C2.CCCN. The second kappa shape index (κ2) is 4.66. The Morgan fingerprint density at radius 1 is 1.33 bits per heavy atom. The summed E-state index contributed by atoms with van der Waals surface area (Å²) in [6.45, 7) is 5.24. The average Bonchev–Trinajstić information content (AvgIpc) is 2.65. The molecular formula is C11H21N. The highest BCUT2D eigenvalue weighted by atomic mass is 14.5. The van der Waals surface area contributed by atoms with Gasteiger partial charge < -0.3 is 5.73 Å². The van der Waals surface area contributed by atoms with E-state index in [1.54, 1.807) is 0 Å². The molecule has 0 aliphatic heterocycles. The molecule has 12 heavy (non-hydrogen) atoms. The summed E-state index contributed by atoms with van der Waals surface area (Å²) in [5.41, 5.74) is 5.03. The Kier molecular flexibility index (Phi) is 3.80. The fraction of sp³-hybridized carbons (Fsp3) is 0.818. The normalized spacial score (nSPS) is 36.4. The van der Waals surface area contributed by atoms with Crippen molar-refractivity contribution in [3.63, 3.8) is 0 Å². The van der Waals surface area contributed by atoms with Crippen molar-refractivity contribution in [2.75, 3.05) is 6.54 Å². The second-order valence-electron chi connectivity index (χ2n) is 4.05. The molecule has 2 aliphatic rings. The number of hydrogen-bond acceptors (Lipinski definition) is 1. The van der Waals surface area contributed by atoms with Gasteiger partial charge in [-0.25, -0.2) is 0 Å². The van der Waals surface area contributed by atoms with Crippen LogP contribution in [0, 0.1) is 17.8 Å². The highest BCUT2D eigenvalue weighted by molar-refractivity contribution is 5.08. The van der Waals surface area contributed by atoms with Crippen LogP contribution in [0.15, 0.2) is 12.2 Å². The van der Waals surface area contributed by atoms with Gasteiger partial charge in [0.25, 0.3) is 0 Å². The number of fused-ring (bicyclic) bond motifs is 2. The van der Waals surface area contributed by atoms with Crippen LogP contribution in [0.1, 0.15) is 33.1 Å². The number of hydrogen-bond donors (Lipinski definition) is 1. The summed E-state index contributed by atoms with van der Waals surface area (Å²) in [4.78, 5) is 0. The van der Waals surface area contributed by atoms with E-state index in [0.717, 1.165) is 30.7 Å². The fourth-order valence-corrected chi connectivity index (χ4v) is 2.06. The molecule has 1 heteroatoms. The van der Waals surface area contributed by atoms with E-state index in [2.05, 4.69) is 26.0 Å². The lowest BCUT2D eigenvalue weighted by molar-refractivity contribution is 0.493. The van der Waals surface area contributed by atoms with Crippen LogP contribution in [0.5, 0.6) is 0 Å². The molecule has 3 unspecified atom stereocenters. The van der Waals surface area contributed by atoms with E-state index in [0.29, 0.717) is 0 Å². The van der Waals surface area contributed by atoms with Crippen molar-refractivity contribution in [2.45, 2.75) is 33.1 Å². The van der Waals surface area contributed by atoms with Gasteiger partial charge in [-0.3, -0.25) is 0 Å². The van der Waals surface area contributed by atoms with Gasteiger partial charge in [-0.2, -0.15) is 0 Å². The molecule has 0 spiro atoms. The lowest BCUT2D eigenvalue weighted by atomic mass is 9.96. The standard InChI is InChI=1S/C8H12.C3H9N/c1-6-4-7-2-3-8(6)5-7;1-2-3-4/h2-3,6-8H,4-5H2,1H3;2-4H2,1H3. The van der Waals surface area contributed by atoms with Crippen molar-refractivity contribution in [3.8, 4) is 0 Å². The summed E-state index contributed by atoms with van der Waals surface area (Å²) in [5, 5.41) is 0. The lowest BCUT2D eigenvalue weighted by Gasteiger charge is -2.09. The van der Waals surface area contributed by atoms with Gasteiger partial charge >= 0.3 is 0 Å². The molecule has 0 aromatic rings. The number of rotatable bonds is 1.